The molecule has 354 valence electrons. The second kappa shape index (κ2) is 18.1. The highest BCUT2D eigenvalue weighted by Crippen LogP contribution is 2.57. The number of Topliss-reactive ketones (excluding diaryl/α,β-unsaturated/α-hetero) is 1. The van der Waals surface area contributed by atoms with Crippen molar-refractivity contribution in [3.63, 3.8) is 0 Å². The van der Waals surface area contributed by atoms with Crippen molar-refractivity contribution in [3.05, 3.63) is 42.5 Å². The molecule has 9 rings (SSSR count). The molecule has 1 aromatic carbocycles. The number of likely N-dealkylation sites (tertiary alicyclic amines) is 1. The molecule has 0 radical (unpaired) electrons. The van der Waals surface area contributed by atoms with E-state index in [0.29, 0.717) is 49.4 Å². The zero-order valence-corrected chi connectivity index (χ0v) is 38.4. The lowest BCUT2D eigenvalue weighted by atomic mass is 9.77. The van der Waals surface area contributed by atoms with Gasteiger partial charge in [-0.15, -0.1) is 6.58 Å². The number of sulfonamides is 1. The van der Waals surface area contributed by atoms with E-state index in [1.54, 1.807) is 22.8 Å². The molecular formula is C49H64F2N4O9S. The van der Waals surface area contributed by atoms with Gasteiger partial charge in [-0.1, -0.05) is 50.3 Å². The van der Waals surface area contributed by atoms with Gasteiger partial charge in [0.1, 0.15) is 18.0 Å². The fraction of sp³-hybridized carbons (Fsp3) is 0.694. The van der Waals surface area contributed by atoms with Crippen molar-refractivity contribution >= 4 is 44.5 Å². The molecule has 1 N–H and O–H groups in total. The summed E-state index contributed by atoms with van der Waals surface area (Å²) in [6.45, 7) is 5.76. The first-order chi connectivity index (χ1) is 31.1. The van der Waals surface area contributed by atoms with Gasteiger partial charge in [-0.05, 0) is 101 Å². The topological polar surface area (TPSA) is 162 Å². The number of hydrogen-bond donors (Lipinski definition) is 1. The van der Waals surface area contributed by atoms with Crippen LogP contribution in [0.25, 0.3) is 10.9 Å². The van der Waals surface area contributed by atoms with Crippen LogP contribution in [-0.2, 0) is 40.4 Å². The van der Waals surface area contributed by atoms with Crippen molar-refractivity contribution in [3.8, 4) is 11.6 Å². The molecule has 4 heterocycles. The number of carbonyl (C=O) groups is 4. The number of pyridine rings is 1. The summed E-state index contributed by atoms with van der Waals surface area (Å²) >= 11 is 0. The van der Waals surface area contributed by atoms with Crippen LogP contribution >= 0.6 is 0 Å². The number of alkyl halides is 2. The number of fused-ring (bicyclic) bond motifs is 5. The minimum atomic E-state index is -3.99. The van der Waals surface area contributed by atoms with Crippen LogP contribution in [-0.4, -0.2) is 108 Å². The third kappa shape index (κ3) is 9.80. The number of nitrogens with zero attached hydrogens (tertiary/aromatic N) is 3. The predicted molar refractivity (Wildman–Crippen MR) is 238 cm³/mol. The molecule has 1 unspecified atom stereocenters. The van der Waals surface area contributed by atoms with Gasteiger partial charge in [-0.2, -0.15) is 0 Å². The number of esters is 1. The van der Waals surface area contributed by atoms with Crippen molar-refractivity contribution in [2.24, 2.45) is 29.1 Å². The summed E-state index contributed by atoms with van der Waals surface area (Å²) < 4.78 is 74.4. The van der Waals surface area contributed by atoms with Gasteiger partial charge in [-0.25, -0.2) is 22.2 Å². The molecular weight excluding hydrogens is 859 g/mol. The third-order valence-corrected chi connectivity index (χ3v) is 17.8. The number of amides is 2. The summed E-state index contributed by atoms with van der Waals surface area (Å²) in [7, 11) is -3.99. The molecule has 6 fully saturated rings. The summed E-state index contributed by atoms with van der Waals surface area (Å²) in [6.07, 6.45) is 11.4. The van der Waals surface area contributed by atoms with Gasteiger partial charge < -0.3 is 19.1 Å². The Labute approximate surface area is 380 Å². The Bertz CT molecular complexity index is 2290. The molecule has 7 aliphatic rings. The van der Waals surface area contributed by atoms with E-state index >= 15 is 4.79 Å². The first-order valence-electron chi connectivity index (χ1n) is 24.1. The van der Waals surface area contributed by atoms with Crippen LogP contribution in [0.3, 0.4) is 0 Å². The number of benzene rings is 1. The number of halogens is 2. The summed E-state index contributed by atoms with van der Waals surface area (Å²) in [6, 6.07) is 6.58. The summed E-state index contributed by atoms with van der Waals surface area (Å²) in [5.74, 6) is -4.48. The predicted octanol–water partition coefficient (Wildman–Crippen LogP) is 7.09. The second-order valence-corrected chi connectivity index (χ2v) is 22.8. The Balaban J connectivity index is 1.03. The van der Waals surface area contributed by atoms with Crippen LogP contribution in [0.1, 0.15) is 122 Å². The van der Waals surface area contributed by atoms with Gasteiger partial charge in [0.15, 0.2) is 5.78 Å². The van der Waals surface area contributed by atoms with Gasteiger partial charge in [0.2, 0.25) is 27.7 Å². The molecule has 2 aromatic rings. The molecule has 65 heavy (non-hydrogen) atoms. The molecule has 0 spiro atoms. The highest BCUT2D eigenvalue weighted by molar-refractivity contribution is 7.91. The van der Waals surface area contributed by atoms with E-state index in [0.717, 1.165) is 75.2 Å². The number of rotatable bonds is 13. The smallest absolute Gasteiger partial charge is 0.306 e. The van der Waals surface area contributed by atoms with Gasteiger partial charge in [0.05, 0.1) is 65.9 Å². The normalized spacial score (nSPS) is 31.5. The number of nitrogens with one attached hydrogen (secondary N) is 1. The van der Waals surface area contributed by atoms with Crippen LogP contribution in [0.2, 0.25) is 0 Å². The molecule has 4 saturated carbocycles. The summed E-state index contributed by atoms with van der Waals surface area (Å²) in [4.78, 5) is 66.0. The minimum Gasteiger partial charge on any atom is -0.492 e. The van der Waals surface area contributed by atoms with Crippen LogP contribution in [0.15, 0.2) is 36.9 Å². The maximum Gasteiger partial charge on any atom is 0.306 e. The Morgan fingerprint density at radius 1 is 1.00 bits per heavy atom. The van der Waals surface area contributed by atoms with Crippen molar-refractivity contribution in [2.45, 2.75) is 151 Å². The van der Waals surface area contributed by atoms with Crippen LogP contribution < -0.4 is 14.2 Å². The Kier molecular flexibility index (Phi) is 12.8. The molecule has 16 heteroatoms. The lowest BCUT2D eigenvalue weighted by Crippen LogP contribution is -2.56. The van der Waals surface area contributed by atoms with Crippen LogP contribution in [0.5, 0.6) is 11.6 Å². The standard InChI is InChI=1S/C49H64F2N4O9S/c1-3-33-26-48(33,46(59)53-65(60,61)47(2)19-20-47)27-40(56)39-24-34-28-55(39)45(58)37(31-13-6-4-7-14-31)25-42(57)64-41-23-32(41)15-8-5-9-17-36-43(62-22-12-21-54-29-49(50,51)30-54)35-16-10-11-18-38(35)52-44(36)63-34/h3,10-11,16,18,31-34,37,39,41H,1,4-9,12-15,17,19-30H2,2H3,(H,53,59)/t32-,33-,34-,37+,39+,41-,48?/m1/s1. The lowest BCUT2D eigenvalue weighted by Gasteiger charge is -2.38. The van der Waals surface area contributed by atoms with Crippen LogP contribution in [0.4, 0.5) is 8.78 Å². The molecule has 1 aromatic heterocycles. The van der Waals surface area contributed by atoms with E-state index in [1.807, 2.05) is 24.3 Å². The van der Waals surface area contributed by atoms with E-state index in [9.17, 15) is 31.6 Å². The van der Waals surface area contributed by atoms with Crippen molar-refractivity contribution in [1.82, 2.24) is 19.5 Å². The average Bonchev–Trinajstić information content (AvgIpc) is 4.23. The van der Waals surface area contributed by atoms with E-state index in [-0.39, 0.29) is 81.6 Å². The Hall–Kier alpha value is -4.18. The number of ketones is 1. The maximum absolute atomic E-state index is 15.2. The number of allylic oxidation sites excluding steroid dienone is 1. The summed E-state index contributed by atoms with van der Waals surface area (Å²) in [5.41, 5.74) is 0.0618. The number of carbonyl (C=O) groups excluding carboxylic acids is 4. The highest BCUT2D eigenvalue weighted by Gasteiger charge is 2.62. The van der Waals surface area contributed by atoms with E-state index in [1.165, 1.54) is 0 Å². The van der Waals surface area contributed by atoms with Crippen LogP contribution in [0, 0.1) is 29.1 Å². The van der Waals surface area contributed by atoms with Gasteiger partial charge in [0, 0.05) is 24.8 Å². The molecule has 2 amide bonds. The minimum absolute atomic E-state index is 0.0274. The maximum atomic E-state index is 15.2. The number of aromatic nitrogens is 1. The lowest BCUT2D eigenvalue weighted by molar-refractivity contribution is -0.153. The van der Waals surface area contributed by atoms with E-state index < -0.39 is 62.0 Å². The SMILES string of the molecule is C=C[C@@H]1CC1(CC(=O)[C@@H]1C[C@@H]2CN1C(=O)[C@H](C1CCCCC1)CC(=O)O[C@@H]1C[C@H]1CCCCCc1c(nc3ccccc3c1OCCCN1CC(F)(F)C1)O2)C(=O)NS(=O)(=O)C1(C)CC1. The quantitative estimate of drug-likeness (QED) is 0.124. The molecule has 13 nitrogen and oxygen atoms in total. The molecule has 2 bridgehead atoms. The fourth-order valence-electron chi connectivity index (χ4n) is 11.1. The number of ether oxygens (including phenoxy) is 3. The largest absolute Gasteiger partial charge is 0.492 e. The second-order valence-electron chi connectivity index (χ2n) is 20.6. The van der Waals surface area contributed by atoms with Crippen molar-refractivity contribution in [2.75, 3.05) is 32.8 Å². The average molecular weight is 923 g/mol. The fourth-order valence-corrected chi connectivity index (χ4v) is 12.4. The Morgan fingerprint density at radius 3 is 2.43 bits per heavy atom. The zero-order chi connectivity index (χ0) is 45.7. The highest BCUT2D eigenvalue weighted by atomic mass is 32.2. The van der Waals surface area contributed by atoms with Crippen molar-refractivity contribution in [1.29, 1.82) is 0 Å². The first kappa shape index (κ1) is 46.0. The molecule has 2 saturated heterocycles. The molecule has 7 atom stereocenters. The molecule has 3 aliphatic heterocycles. The van der Waals surface area contributed by atoms with E-state index in [2.05, 4.69) is 11.3 Å². The van der Waals surface area contributed by atoms with Gasteiger partial charge in [-0.3, -0.25) is 28.8 Å². The van der Waals surface area contributed by atoms with E-state index in [4.69, 9.17) is 19.2 Å². The van der Waals surface area contributed by atoms with Gasteiger partial charge in [0.25, 0.3) is 5.92 Å². The first-order valence-corrected chi connectivity index (χ1v) is 25.6. The van der Waals surface area contributed by atoms with Crippen molar-refractivity contribution < 1.29 is 50.6 Å². The third-order valence-electron chi connectivity index (χ3n) is 15.6. The van der Waals surface area contributed by atoms with Gasteiger partial charge >= 0.3 is 5.97 Å². The number of hydrogen-bond acceptors (Lipinski definition) is 11. The number of para-hydroxylation sites is 1. The Morgan fingerprint density at radius 2 is 1.72 bits per heavy atom. The monoisotopic (exact) mass is 922 g/mol. The molecule has 4 aliphatic carbocycles. The summed E-state index contributed by atoms with van der Waals surface area (Å²) in [5, 5.41) is 0.796. The zero-order valence-electron chi connectivity index (χ0n) is 37.6.